The molecule has 5 nitrogen and oxygen atoms in total. The van der Waals surface area contributed by atoms with E-state index in [0.29, 0.717) is 17.7 Å². The number of aromatic nitrogens is 5. The van der Waals surface area contributed by atoms with E-state index in [2.05, 4.69) is 69.1 Å². The van der Waals surface area contributed by atoms with Crippen molar-refractivity contribution in [2.24, 2.45) is 0 Å². The molecule has 38 heavy (non-hydrogen) atoms. The molecule has 0 unspecified atom stereocenters. The fourth-order valence-electron chi connectivity index (χ4n) is 4.78. The van der Waals surface area contributed by atoms with Crippen LogP contribution in [0.5, 0.6) is 0 Å². The van der Waals surface area contributed by atoms with Crippen LogP contribution in [0.15, 0.2) is 91.1 Å². The van der Waals surface area contributed by atoms with Gasteiger partial charge in [-0.15, -0.1) is 0 Å². The second kappa shape index (κ2) is 9.75. The summed E-state index contributed by atoms with van der Waals surface area (Å²) < 4.78 is 0. The van der Waals surface area contributed by atoms with E-state index >= 15 is 0 Å². The monoisotopic (exact) mass is 495 g/mol. The Kier molecular flexibility index (Phi) is 6.12. The predicted octanol–water partition coefficient (Wildman–Crippen LogP) is 8.22. The number of hydrogen-bond acceptors (Lipinski definition) is 5. The van der Waals surface area contributed by atoms with Crippen molar-refractivity contribution in [3.63, 3.8) is 0 Å². The average Bonchev–Trinajstić information content (AvgIpc) is 2.96. The predicted molar refractivity (Wildman–Crippen MR) is 155 cm³/mol. The van der Waals surface area contributed by atoms with Crippen LogP contribution in [0.4, 0.5) is 0 Å². The van der Waals surface area contributed by atoms with Gasteiger partial charge in [0.25, 0.3) is 0 Å². The first kappa shape index (κ1) is 23.9. The zero-order valence-corrected chi connectivity index (χ0v) is 22.1. The van der Waals surface area contributed by atoms with Crippen LogP contribution >= 0.6 is 0 Å². The molecule has 2 aromatic carbocycles. The lowest BCUT2D eigenvalue weighted by Crippen LogP contribution is -2.01. The van der Waals surface area contributed by atoms with E-state index in [-0.39, 0.29) is 0 Å². The van der Waals surface area contributed by atoms with Crippen molar-refractivity contribution >= 4 is 21.8 Å². The Morgan fingerprint density at radius 2 is 1.32 bits per heavy atom. The zero-order valence-electron chi connectivity index (χ0n) is 22.1. The highest BCUT2D eigenvalue weighted by atomic mass is 14.9. The summed E-state index contributed by atoms with van der Waals surface area (Å²) in [5, 5.41) is 2.22. The quantitative estimate of drug-likeness (QED) is 0.225. The van der Waals surface area contributed by atoms with E-state index in [4.69, 9.17) is 19.9 Å². The fourth-order valence-corrected chi connectivity index (χ4v) is 4.78. The molecule has 6 rings (SSSR count). The molecule has 0 N–H and O–H groups in total. The maximum absolute atomic E-state index is 5.17. The summed E-state index contributed by atoms with van der Waals surface area (Å²) in [6, 6.07) is 28.7. The molecule has 0 atom stereocenters. The van der Waals surface area contributed by atoms with Crippen molar-refractivity contribution in [2.45, 2.75) is 39.5 Å². The molecule has 0 aliphatic rings. The minimum Gasteiger partial charge on any atom is -0.253 e. The Bertz CT molecular complexity index is 1700. The second-order valence-corrected chi connectivity index (χ2v) is 10.2. The van der Waals surface area contributed by atoms with Crippen LogP contribution in [0.3, 0.4) is 0 Å². The van der Waals surface area contributed by atoms with Gasteiger partial charge in [0.2, 0.25) is 0 Å². The lowest BCUT2D eigenvalue weighted by Gasteiger charge is -2.16. The largest absolute Gasteiger partial charge is 0.253 e. The van der Waals surface area contributed by atoms with Gasteiger partial charge >= 0.3 is 0 Å². The van der Waals surface area contributed by atoms with Crippen LogP contribution in [0, 0.1) is 0 Å². The van der Waals surface area contributed by atoms with Crippen molar-refractivity contribution in [2.75, 3.05) is 0 Å². The fraction of sp³-hybridized carbons (Fsp3) is 0.182. The molecule has 0 radical (unpaired) electrons. The molecule has 0 aliphatic carbocycles. The Hall–Kier alpha value is -4.51. The van der Waals surface area contributed by atoms with Crippen molar-refractivity contribution in [1.29, 1.82) is 0 Å². The lowest BCUT2D eigenvalue weighted by molar-refractivity contribution is 0.811. The molecule has 186 valence electrons. The van der Waals surface area contributed by atoms with E-state index in [1.165, 1.54) is 5.56 Å². The van der Waals surface area contributed by atoms with Gasteiger partial charge in [-0.05, 0) is 47.7 Å². The van der Waals surface area contributed by atoms with Crippen molar-refractivity contribution in [1.82, 2.24) is 24.9 Å². The first-order chi connectivity index (χ1) is 18.5. The Morgan fingerprint density at radius 1 is 0.553 bits per heavy atom. The van der Waals surface area contributed by atoms with Gasteiger partial charge < -0.3 is 0 Å². The first-order valence-electron chi connectivity index (χ1n) is 13.1. The number of nitrogens with zero attached hydrogens (tertiary/aromatic N) is 5. The van der Waals surface area contributed by atoms with Gasteiger partial charge in [0.15, 0.2) is 5.82 Å². The van der Waals surface area contributed by atoms with Crippen molar-refractivity contribution in [3.05, 3.63) is 102 Å². The van der Waals surface area contributed by atoms with Gasteiger partial charge in [0.05, 0.1) is 28.1 Å². The number of benzene rings is 2. The highest BCUT2D eigenvalue weighted by molar-refractivity contribution is 6.04. The molecular formula is C33H29N5. The molecule has 6 aromatic rings. The summed E-state index contributed by atoms with van der Waals surface area (Å²) in [4.78, 5) is 24.6. The number of rotatable bonds is 5. The molecule has 0 spiro atoms. The minimum atomic E-state index is 0.326. The minimum absolute atomic E-state index is 0.326. The van der Waals surface area contributed by atoms with Gasteiger partial charge in [0.1, 0.15) is 5.69 Å². The van der Waals surface area contributed by atoms with Gasteiger partial charge in [-0.25, -0.2) is 15.0 Å². The molecule has 0 fully saturated rings. The van der Waals surface area contributed by atoms with E-state index in [0.717, 1.165) is 55.8 Å². The van der Waals surface area contributed by atoms with Gasteiger partial charge in [-0.1, -0.05) is 82.3 Å². The number of fused-ring (bicyclic) bond motifs is 3. The highest BCUT2D eigenvalue weighted by Gasteiger charge is 2.16. The average molecular weight is 496 g/mol. The zero-order chi connectivity index (χ0) is 26.2. The molecular weight excluding hydrogens is 466 g/mol. The maximum Gasteiger partial charge on any atom is 0.179 e. The molecule has 0 saturated heterocycles. The lowest BCUT2D eigenvalue weighted by atomic mass is 9.94. The standard InChI is InChI=1S/C33H29N5/c1-20(2)25-18-28(21(3)4)36-32-24(25)15-13-23-14-16-26(35-31(23)32)30-19-29(22-10-6-5-7-11-22)37-33(38-30)27-12-8-9-17-34-27/h5-21H,1-4H3. The molecule has 5 heteroatoms. The van der Waals surface area contributed by atoms with E-state index < -0.39 is 0 Å². The van der Waals surface area contributed by atoms with Crippen LogP contribution < -0.4 is 0 Å². The van der Waals surface area contributed by atoms with Crippen LogP contribution in [0.1, 0.15) is 50.8 Å². The van der Waals surface area contributed by atoms with Crippen LogP contribution in [0.25, 0.3) is 56.0 Å². The van der Waals surface area contributed by atoms with Crippen LogP contribution in [0.2, 0.25) is 0 Å². The maximum atomic E-state index is 5.17. The van der Waals surface area contributed by atoms with Crippen molar-refractivity contribution < 1.29 is 0 Å². The Balaban J connectivity index is 1.60. The molecule has 0 amide bonds. The van der Waals surface area contributed by atoms with Crippen molar-refractivity contribution in [3.8, 4) is 34.2 Å². The summed E-state index contributed by atoms with van der Waals surface area (Å²) in [6.07, 6.45) is 1.76. The van der Waals surface area contributed by atoms with E-state index in [1.807, 2.05) is 48.5 Å². The third-order valence-electron chi connectivity index (χ3n) is 6.86. The normalized spacial score (nSPS) is 11.6. The number of hydrogen-bond donors (Lipinski definition) is 0. The second-order valence-electron chi connectivity index (χ2n) is 10.2. The summed E-state index contributed by atoms with van der Waals surface area (Å²) in [5.74, 6) is 1.28. The van der Waals surface area contributed by atoms with Crippen LogP contribution in [-0.2, 0) is 0 Å². The van der Waals surface area contributed by atoms with E-state index in [9.17, 15) is 0 Å². The highest BCUT2D eigenvalue weighted by Crippen LogP contribution is 2.33. The van der Waals surface area contributed by atoms with Gasteiger partial charge in [-0.3, -0.25) is 9.97 Å². The molecule has 0 bridgehead atoms. The summed E-state index contributed by atoms with van der Waals surface area (Å²) in [7, 11) is 0. The first-order valence-corrected chi connectivity index (χ1v) is 13.1. The topological polar surface area (TPSA) is 64.5 Å². The van der Waals surface area contributed by atoms with E-state index in [1.54, 1.807) is 6.20 Å². The van der Waals surface area contributed by atoms with Gasteiger partial charge in [0, 0.05) is 28.2 Å². The summed E-state index contributed by atoms with van der Waals surface area (Å²) in [5.41, 5.74) is 8.34. The van der Waals surface area contributed by atoms with Crippen LogP contribution in [-0.4, -0.2) is 24.9 Å². The Labute approximate surface area is 222 Å². The molecule has 0 aliphatic heterocycles. The third kappa shape index (κ3) is 4.41. The molecule has 0 saturated carbocycles. The third-order valence-corrected chi connectivity index (χ3v) is 6.86. The Morgan fingerprint density at radius 3 is 2.05 bits per heavy atom. The SMILES string of the molecule is CC(C)c1cc(C(C)C)c2ccc3ccc(-c4cc(-c5ccccc5)nc(-c5ccccn5)n4)nc3c2n1. The summed E-state index contributed by atoms with van der Waals surface area (Å²) >= 11 is 0. The number of pyridine rings is 3. The molecule has 4 aromatic heterocycles. The smallest absolute Gasteiger partial charge is 0.179 e. The van der Waals surface area contributed by atoms with Gasteiger partial charge in [-0.2, -0.15) is 0 Å². The summed E-state index contributed by atoms with van der Waals surface area (Å²) in [6.45, 7) is 8.84. The molecule has 4 heterocycles.